The third-order valence-corrected chi connectivity index (χ3v) is 4.28. The maximum Gasteiger partial charge on any atom is 0.295 e. The Labute approximate surface area is 114 Å². The molecular weight excluding hydrogens is 272 g/mol. The van der Waals surface area contributed by atoms with Gasteiger partial charge in [0.2, 0.25) is 0 Å². The molecule has 1 atom stereocenters. The van der Waals surface area contributed by atoms with E-state index in [1.807, 2.05) is 19.1 Å². The smallest absolute Gasteiger partial charge is 0.258 e. The molecule has 1 aromatic heterocycles. The van der Waals surface area contributed by atoms with Crippen molar-refractivity contribution in [3.63, 3.8) is 0 Å². The average Bonchev–Trinajstić information content (AvgIpc) is 2.38. The number of rotatable bonds is 4. The molecule has 1 heterocycles. The van der Waals surface area contributed by atoms with E-state index in [0.717, 1.165) is 10.3 Å². The van der Waals surface area contributed by atoms with Gasteiger partial charge < -0.3 is 0 Å². The van der Waals surface area contributed by atoms with Crippen molar-refractivity contribution in [3.05, 3.63) is 40.6 Å². The lowest BCUT2D eigenvalue weighted by Gasteiger charge is -2.09. The molecule has 0 saturated carbocycles. The maximum atomic E-state index is 10.9. The molecule has 0 spiro atoms. The van der Waals surface area contributed by atoms with Gasteiger partial charge in [-0.15, -0.1) is 23.4 Å². The molecule has 0 N–H and O–H groups in total. The molecule has 0 radical (unpaired) electrons. The number of hydrogen-bond donors (Lipinski definition) is 0. The highest BCUT2D eigenvalue weighted by atomic mass is 35.5. The molecular formula is C12H11ClN2O2S. The minimum Gasteiger partial charge on any atom is -0.258 e. The van der Waals surface area contributed by atoms with Gasteiger partial charge >= 0.3 is 0 Å². The Morgan fingerprint density at radius 3 is 2.94 bits per heavy atom. The molecule has 2 aromatic rings. The Kier molecular flexibility index (Phi) is 4.04. The van der Waals surface area contributed by atoms with E-state index < -0.39 is 4.92 Å². The third-order valence-electron chi connectivity index (χ3n) is 2.45. The van der Waals surface area contributed by atoms with E-state index in [1.54, 1.807) is 24.0 Å². The van der Waals surface area contributed by atoms with Gasteiger partial charge in [-0.2, -0.15) is 0 Å². The van der Waals surface area contributed by atoms with Crippen LogP contribution < -0.4 is 0 Å². The van der Waals surface area contributed by atoms with Gasteiger partial charge in [-0.25, -0.2) is 4.98 Å². The first-order valence-corrected chi connectivity index (χ1v) is 6.79. The van der Waals surface area contributed by atoms with Crippen LogP contribution in [0.4, 0.5) is 5.69 Å². The molecule has 18 heavy (non-hydrogen) atoms. The lowest BCUT2D eigenvalue weighted by Crippen LogP contribution is -1.98. The minimum absolute atomic E-state index is 0.0356. The quantitative estimate of drug-likeness (QED) is 0.370. The first-order chi connectivity index (χ1) is 8.63. The Bertz CT molecular complexity index is 591. The Morgan fingerprint density at radius 1 is 1.50 bits per heavy atom. The summed E-state index contributed by atoms with van der Waals surface area (Å²) in [6.07, 6.45) is 1.60. The summed E-state index contributed by atoms with van der Waals surface area (Å²) in [5.74, 6) is 0.531. The number of fused-ring (bicyclic) bond motifs is 1. The number of nitrogens with zero attached hydrogens (tertiary/aromatic N) is 2. The van der Waals surface area contributed by atoms with E-state index in [0.29, 0.717) is 11.4 Å². The molecule has 94 valence electrons. The van der Waals surface area contributed by atoms with E-state index in [4.69, 9.17) is 11.6 Å². The largest absolute Gasteiger partial charge is 0.295 e. The number of nitro groups is 1. The van der Waals surface area contributed by atoms with Crippen LogP contribution >= 0.6 is 23.4 Å². The molecule has 0 bridgehead atoms. The second kappa shape index (κ2) is 5.54. The fourth-order valence-corrected chi connectivity index (χ4v) is 2.75. The van der Waals surface area contributed by atoms with Crippen molar-refractivity contribution >= 4 is 40.0 Å². The molecule has 0 saturated heterocycles. The van der Waals surface area contributed by atoms with Crippen LogP contribution in [0.1, 0.15) is 6.92 Å². The predicted molar refractivity (Wildman–Crippen MR) is 74.4 cm³/mol. The minimum atomic E-state index is -0.408. The summed E-state index contributed by atoms with van der Waals surface area (Å²) < 4.78 is 0. The highest BCUT2D eigenvalue weighted by Gasteiger charge is 2.15. The summed E-state index contributed by atoms with van der Waals surface area (Å²) in [6, 6.07) is 6.85. The predicted octanol–water partition coefficient (Wildman–Crippen LogP) is 3.86. The summed E-state index contributed by atoms with van der Waals surface area (Å²) >= 11 is 7.39. The van der Waals surface area contributed by atoms with Gasteiger partial charge in [-0.3, -0.25) is 10.1 Å². The monoisotopic (exact) mass is 282 g/mol. The number of benzene rings is 1. The highest BCUT2D eigenvalue weighted by Crippen LogP contribution is 2.33. The normalized spacial score (nSPS) is 12.6. The van der Waals surface area contributed by atoms with Gasteiger partial charge in [0.1, 0.15) is 5.52 Å². The number of nitro benzene ring substituents is 1. The molecule has 1 unspecified atom stereocenters. The molecule has 0 aliphatic heterocycles. The van der Waals surface area contributed by atoms with Crippen molar-refractivity contribution < 1.29 is 4.92 Å². The summed E-state index contributed by atoms with van der Waals surface area (Å²) in [4.78, 5) is 15.6. The zero-order valence-corrected chi connectivity index (χ0v) is 11.2. The van der Waals surface area contributed by atoms with Crippen LogP contribution in [0, 0.1) is 10.1 Å². The number of aromatic nitrogens is 1. The third kappa shape index (κ3) is 2.57. The summed E-state index contributed by atoms with van der Waals surface area (Å²) in [7, 11) is 0. The standard InChI is InChI=1S/C12H11ClN2O2S/c1-8(7-13)18-11-5-6-14-12-9(11)3-2-4-10(12)15(16)17/h2-6,8H,7H2,1H3. The van der Waals surface area contributed by atoms with E-state index in [9.17, 15) is 10.1 Å². The summed E-state index contributed by atoms with van der Waals surface area (Å²) in [5, 5.41) is 12.0. The van der Waals surface area contributed by atoms with E-state index in [1.165, 1.54) is 6.07 Å². The lowest BCUT2D eigenvalue weighted by atomic mass is 10.2. The number of alkyl halides is 1. The van der Waals surface area contributed by atoms with Crippen LogP contribution in [0.3, 0.4) is 0 Å². The molecule has 0 fully saturated rings. The van der Waals surface area contributed by atoms with E-state index in [-0.39, 0.29) is 10.9 Å². The van der Waals surface area contributed by atoms with Crippen LogP contribution in [0.5, 0.6) is 0 Å². The Morgan fingerprint density at radius 2 is 2.28 bits per heavy atom. The van der Waals surface area contributed by atoms with Gasteiger partial charge in [-0.1, -0.05) is 19.1 Å². The maximum absolute atomic E-state index is 10.9. The average molecular weight is 283 g/mol. The van der Waals surface area contributed by atoms with Crippen LogP contribution in [-0.4, -0.2) is 21.0 Å². The van der Waals surface area contributed by atoms with Crippen molar-refractivity contribution in [1.82, 2.24) is 4.98 Å². The molecule has 6 heteroatoms. The second-order valence-electron chi connectivity index (χ2n) is 3.82. The van der Waals surface area contributed by atoms with Crippen LogP contribution in [-0.2, 0) is 0 Å². The molecule has 0 aliphatic carbocycles. The lowest BCUT2D eigenvalue weighted by molar-refractivity contribution is -0.383. The molecule has 0 aliphatic rings. The molecule has 4 nitrogen and oxygen atoms in total. The zero-order valence-electron chi connectivity index (χ0n) is 9.67. The van der Waals surface area contributed by atoms with Crippen LogP contribution in [0.15, 0.2) is 35.4 Å². The fraction of sp³-hybridized carbons (Fsp3) is 0.250. The van der Waals surface area contributed by atoms with Crippen molar-refractivity contribution in [2.45, 2.75) is 17.1 Å². The van der Waals surface area contributed by atoms with Crippen molar-refractivity contribution in [1.29, 1.82) is 0 Å². The highest BCUT2D eigenvalue weighted by molar-refractivity contribution is 8.00. The van der Waals surface area contributed by atoms with Gasteiger partial charge in [0.15, 0.2) is 0 Å². The summed E-state index contributed by atoms with van der Waals surface area (Å²) in [5.41, 5.74) is 0.461. The first kappa shape index (κ1) is 13.1. The van der Waals surface area contributed by atoms with Gasteiger partial charge in [0.25, 0.3) is 5.69 Å². The van der Waals surface area contributed by atoms with Crippen LogP contribution in [0.2, 0.25) is 0 Å². The first-order valence-electron chi connectivity index (χ1n) is 5.38. The number of halogens is 1. The molecule has 0 amide bonds. The SMILES string of the molecule is CC(CCl)Sc1ccnc2c([N+](=O)[O-])cccc12. The topological polar surface area (TPSA) is 56.0 Å². The Balaban J connectivity index is 2.56. The number of thioether (sulfide) groups is 1. The van der Waals surface area contributed by atoms with Crippen LogP contribution in [0.25, 0.3) is 10.9 Å². The molecule has 1 aromatic carbocycles. The second-order valence-corrected chi connectivity index (χ2v) is 5.61. The van der Waals surface area contributed by atoms with E-state index >= 15 is 0 Å². The number of pyridine rings is 1. The summed E-state index contributed by atoms with van der Waals surface area (Å²) in [6.45, 7) is 2.02. The van der Waals surface area contributed by atoms with Crippen molar-refractivity contribution in [2.24, 2.45) is 0 Å². The fourth-order valence-electron chi connectivity index (χ4n) is 1.63. The zero-order chi connectivity index (χ0) is 13.1. The van der Waals surface area contributed by atoms with Crippen molar-refractivity contribution in [2.75, 3.05) is 5.88 Å². The van der Waals surface area contributed by atoms with E-state index in [2.05, 4.69) is 4.98 Å². The van der Waals surface area contributed by atoms with Gasteiger partial charge in [0.05, 0.1) is 4.92 Å². The van der Waals surface area contributed by atoms with Gasteiger partial charge in [0, 0.05) is 33.7 Å². The van der Waals surface area contributed by atoms with Crippen molar-refractivity contribution in [3.8, 4) is 0 Å². The van der Waals surface area contributed by atoms with Gasteiger partial charge in [-0.05, 0) is 6.07 Å². The number of non-ortho nitro benzene ring substituents is 1. The Hall–Kier alpha value is -1.33. The number of hydrogen-bond acceptors (Lipinski definition) is 4. The number of para-hydroxylation sites is 1. The molecule has 2 rings (SSSR count).